The highest BCUT2D eigenvalue weighted by molar-refractivity contribution is 5.89. The van der Waals surface area contributed by atoms with Crippen LogP contribution in [0.25, 0.3) is 0 Å². The number of pyridine rings is 1. The van der Waals surface area contributed by atoms with E-state index in [0.29, 0.717) is 32.8 Å². The smallest absolute Gasteiger partial charge is 0.319 e. The number of urea groups is 1. The van der Waals surface area contributed by atoms with Gasteiger partial charge in [0.2, 0.25) is 0 Å². The Morgan fingerprint density at radius 3 is 2.88 bits per heavy atom. The van der Waals surface area contributed by atoms with Gasteiger partial charge in [-0.3, -0.25) is 4.98 Å². The van der Waals surface area contributed by atoms with Crippen LogP contribution < -0.4 is 10.6 Å². The zero-order chi connectivity index (χ0) is 17.0. The zero-order valence-electron chi connectivity index (χ0n) is 13.8. The van der Waals surface area contributed by atoms with Crippen LogP contribution in [0.3, 0.4) is 0 Å². The van der Waals surface area contributed by atoms with Gasteiger partial charge in [0.15, 0.2) is 0 Å². The molecule has 128 valence electrons. The molecule has 2 N–H and O–H groups in total. The van der Waals surface area contributed by atoms with Crippen molar-refractivity contribution in [3.05, 3.63) is 59.9 Å². The van der Waals surface area contributed by atoms with Gasteiger partial charge in [0, 0.05) is 37.7 Å². The van der Waals surface area contributed by atoms with Crippen LogP contribution in [-0.2, 0) is 22.5 Å². The number of benzene rings is 1. The van der Waals surface area contributed by atoms with Crippen LogP contribution in [0.4, 0.5) is 10.5 Å². The van der Waals surface area contributed by atoms with Crippen LogP contribution in [-0.4, -0.2) is 37.9 Å². The van der Waals surface area contributed by atoms with Crippen LogP contribution in [0.2, 0.25) is 0 Å². The van der Waals surface area contributed by atoms with E-state index in [0.717, 1.165) is 16.9 Å². The first-order valence-electron chi connectivity index (χ1n) is 7.88. The van der Waals surface area contributed by atoms with Crippen molar-refractivity contribution < 1.29 is 14.3 Å². The van der Waals surface area contributed by atoms with Gasteiger partial charge in [-0.05, 0) is 29.8 Å². The third-order valence-corrected chi connectivity index (χ3v) is 3.28. The third kappa shape index (κ3) is 6.76. The minimum absolute atomic E-state index is 0.233. The Bertz CT molecular complexity index is 620. The first-order valence-corrected chi connectivity index (χ1v) is 7.88. The molecule has 0 atom stereocenters. The Hall–Kier alpha value is -2.44. The number of carbonyl (C=O) groups excluding carboxylic acids is 1. The molecule has 0 aliphatic rings. The van der Waals surface area contributed by atoms with Gasteiger partial charge < -0.3 is 20.1 Å². The SMILES string of the molecule is COCCOCc1cccc(NC(=O)NCCc2ccccn2)c1. The van der Waals surface area contributed by atoms with E-state index in [2.05, 4.69) is 15.6 Å². The van der Waals surface area contributed by atoms with Gasteiger partial charge in [-0.15, -0.1) is 0 Å². The average molecular weight is 329 g/mol. The number of nitrogens with one attached hydrogen (secondary N) is 2. The maximum Gasteiger partial charge on any atom is 0.319 e. The van der Waals surface area contributed by atoms with E-state index in [-0.39, 0.29) is 6.03 Å². The fraction of sp³-hybridized carbons (Fsp3) is 0.333. The minimum Gasteiger partial charge on any atom is -0.382 e. The second-order valence-corrected chi connectivity index (χ2v) is 5.20. The van der Waals surface area contributed by atoms with E-state index in [1.165, 1.54) is 0 Å². The molecule has 0 fully saturated rings. The van der Waals surface area contributed by atoms with Crippen LogP contribution in [0, 0.1) is 0 Å². The number of methoxy groups -OCH3 is 1. The summed E-state index contributed by atoms with van der Waals surface area (Å²) < 4.78 is 10.4. The van der Waals surface area contributed by atoms with Gasteiger partial charge >= 0.3 is 6.03 Å². The molecule has 2 rings (SSSR count). The molecular weight excluding hydrogens is 306 g/mol. The molecule has 0 radical (unpaired) electrons. The molecule has 0 aliphatic heterocycles. The normalized spacial score (nSPS) is 10.4. The molecule has 0 bridgehead atoms. The lowest BCUT2D eigenvalue weighted by Crippen LogP contribution is -2.30. The molecule has 1 aromatic carbocycles. The summed E-state index contributed by atoms with van der Waals surface area (Å²) in [6.45, 7) is 2.13. The summed E-state index contributed by atoms with van der Waals surface area (Å²) in [5.41, 5.74) is 2.68. The fourth-order valence-electron chi connectivity index (χ4n) is 2.10. The number of aromatic nitrogens is 1. The van der Waals surface area contributed by atoms with Crippen molar-refractivity contribution in [3.8, 4) is 0 Å². The van der Waals surface area contributed by atoms with E-state index < -0.39 is 0 Å². The predicted molar refractivity (Wildman–Crippen MR) is 92.9 cm³/mol. The van der Waals surface area contributed by atoms with Gasteiger partial charge in [0.25, 0.3) is 0 Å². The minimum atomic E-state index is -0.233. The van der Waals surface area contributed by atoms with Gasteiger partial charge in [0.05, 0.1) is 19.8 Å². The third-order valence-electron chi connectivity index (χ3n) is 3.28. The first kappa shape index (κ1) is 17.9. The van der Waals surface area contributed by atoms with Crippen molar-refractivity contribution in [1.29, 1.82) is 0 Å². The average Bonchev–Trinajstić information content (AvgIpc) is 2.60. The highest BCUT2D eigenvalue weighted by Gasteiger charge is 2.03. The molecule has 0 aliphatic carbocycles. The standard InChI is InChI=1S/C18H23N3O3/c1-23-11-12-24-14-15-5-4-7-17(13-15)21-18(22)20-10-8-16-6-2-3-9-19-16/h2-7,9,13H,8,10-12,14H2,1H3,(H2,20,21,22). The summed E-state index contributed by atoms with van der Waals surface area (Å²) >= 11 is 0. The summed E-state index contributed by atoms with van der Waals surface area (Å²) in [5, 5.41) is 5.64. The van der Waals surface area contributed by atoms with Gasteiger partial charge in [-0.2, -0.15) is 0 Å². The Morgan fingerprint density at radius 1 is 1.17 bits per heavy atom. The number of ether oxygens (including phenoxy) is 2. The monoisotopic (exact) mass is 329 g/mol. The number of hydrogen-bond donors (Lipinski definition) is 2. The topological polar surface area (TPSA) is 72.5 Å². The molecular formula is C18H23N3O3. The van der Waals surface area contributed by atoms with E-state index in [1.807, 2.05) is 42.5 Å². The van der Waals surface area contributed by atoms with Crippen molar-refractivity contribution in [1.82, 2.24) is 10.3 Å². The molecule has 0 unspecified atom stereocenters. The van der Waals surface area contributed by atoms with Gasteiger partial charge in [0.1, 0.15) is 0 Å². The van der Waals surface area contributed by atoms with Crippen molar-refractivity contribution in [2.24, 2.45) is 0 Å². The zero-order valence-corrected chi connectivity index (χ0v) is 13.8. The van der Waals surface area contributed by atoms with Crippen LogP contribution in [0.1, 0.15) is 11.3 Å². The maximum absolute atomic E-state index is 11.9. The molecule has 2 aromatic rings. The van der Waals surface area contributed by atoms with Crippen molar-refractivity contribution in [3.63, 3.8) is 0 Å². The van der Waals surface area contributed by atoms with E-state index in [1.54, 1.807) is 13.3 Å². The number of amides is 2. The molecule has 2 amide bonds. The summed E-state index contributed by atoms with van der Waals surface area (Å²) in [6.07, 6.45) is 2.44. The van der Waals surface area contributed by atoms with Crippen LogP contribution >= 0.6 is 0 Å². The van der Waals surface area contributed by atoms with E-state index in [4.69, 9.17) is 9.47 Å². The lowest BCUT2D eigenvalue weighted by molar-refractivity contribution is 0.0617. The Kier molecular flexibility index (Phi) is 7.73. The Morgan fingerprint density at radius 2 is 2.08 bits per heavy atom. The van der Waals surface area contributed by atoms with E-state index >= 15 is 0 Å². The predicted octanol–water partition coefficient (Wildman–Crippen LogP) is 2.61. The molecule has 24 heavy (non-hydrogen) atoms. The summed E-state index contributed by atoms with van der Waals surface area (Å²) in [5.74, 6) is 0. The molecule has 0 spiro atoms. The lowest BCUT2D eigenvalue weighted by Gasteiger charge is -2.09. The second kappa shape index (κ2) is 10.4. The Balaban J connectivity index is 1.72. The molecule has 0 saturated carbocycles. The highest BCUT2D eigenvalue weighted by atomic mass is 16.5. The van der Waals surface area contributed by atoms with Crippen molar-refractivity contribution >= 4 is 11.7 Å². The number of carbonyl (C=O) groups is 1. The quantitative estimate of drug-likeness (QED) is 0.694. The van der Waals surface area contributed by atoms with Crippen LogP contribution in [0.15, 0.2) is 48.7 Å². The van der Waals surface area contributed by atoms with E-state index in [9.17, 15) is 4.79 Å². The molecule has 6 nitrogen and oxygen atoms in total. The number of anilines is 1. The van der Waals surface area contributed by atoms with Crippen LogP contribution in [0.5, 0.6) is 0 Å². The largest absolute Gasteiger partial charge is 0.382 e. The van der Waals surface area contributed by atoms with Gasteiger partial charge in [-0.1, -0.05) is 18.2 Å². The number of nitrogens with zero attached hydrogens (tertiary/aromatic N) is 1. The van der Waals surface area contributed by atoms with Crippen molar-refractivity contribution in [2.45, 2.75) is 13.0 Å². The fourth-order valence-corrected chi connectivity index (χ4v) is 2.10. The van der Waals surface area contributed by atoms with Crippen molar-refractivity contribution in [2.75, 3.05) is 32.2 Å². The summed E-state index contributed by atoms with van der Waals surface area (Å²) in [4.78, 5) is 16.1. The summed E-state index contributed by atoms with van der Waals surface area (Å²) in [7, 11) is 1.64. The summed E-state index contributed by atoms with van der Waals surface area (Å²) in [6, 6.07) is 13.1. The molecule has 1 heterocycles. The molecule has 6 heteroatoms. The number of rotatable bonds is 9. The highest BCUT2D eigenvalue weighted by Crippen LogP contribution is 2.11. The molecule has 1 aromatic heterocycles. The lowest BCUT2D eigenvalue weighted by atomic mass is 10.2. The maximum atomic E-state index is 11.9. The molecule has 0 saturated heterocycles. The Labute approximate surface area is 142 Å². The first-order chi connectivity index (χ1) is 11.8. The number of hydrogen-bond acceptors (Lipinski definition) is 4. The second-order valence-electron chi connectivity index (χ2n) is 5.20. The van der Waals surface area contributed by atoms with Gasteiger partial charge in [-0.25, -0.2) is 4.79 Å².